The fraction of sp³-hybridized carbons (Fsp3) is 0.517. The molecule has 1 saturated carbocycles. The Balaban J connectivity index is 1.51. The van der Waals surface area contributed by atoms with Crippen LogP contribution in [0.4, 0.5) is 4.39 Å². The molecule has 1 aliphatic heterocycles. The van der Waals surface area contributed by atoms with Crippen molar-refractivity contribution >= 4 is 22.7 Å². The fourth-order valence-electron chi connectivity index (χ4n) is 6.52. The Hall–Kier alpha value is -3.33. The second-order valence-corrected chi connectivity index (χ2v) is 11.0. The van der Waals surface area contributed by atoms with Gasteiger partial charge in [0.25, 0.3) is 0 Å². The third-order valence-electron chi connectivity index (χ3n) is 8.66. The van der Waals surface area contributed by atoms with Gasteiger partial charge in [-0.05, 0) is 76.8 Å². The summed E-state index contributed by atoms with van der Waals surface area (Å²) in [6.45, 7) is 4.22. The topological polar surface area (TPSA) is 106 Å². The molecule has 0 spiro atoms. The summed E-state index contributed by atoms with van der Waals surface area (Å²) in [4.78, 5) is 38.4. The molecule has 3 heterocycles. The standard InChI is InChI=1S/C29H37FN6O2/c1-18-33-22(17-25(34-18)35-15-13-20-16-21(30)11-12-23(20)35)24-10-7-14-36(24)27(37)26(19-8-5-4-6-9-19)29(2,32-3)28(31)38/h11-13,15-17,19,24,26,32H,4-10,14H2,1-3H3,(H2,31,38)/t24-,26+,29?/m0/s1. The van der Waals surface area contributed by atoms with E-state index in [1.54, 1.807) is 20.0 Å². The summed E-state index contributed by atoms with van der Waals surface area (Å²) < 4.78 is 15.7. The first-order chi connectivity index (χ1) is 18.2. The number of hydrogen-bond donors (Lipinski definition) is 2. The van der Waals surface area contributed by atoms with Crippen molar-refractivity contribution in [2.45, 2.75) is 70.4 Å². The third kappa shape index (κ3) is 4.68. The van der Waals surface area contributed by atoms with E-state index in [1.165, 1.54) is 12.1 Å². The molecular weight excluding hydrogens is 483 g/mol. The molecule has 0 bridgehead atoms. The van der Waals surface area contributed by atoms with Gasteiger partial charge in [0.2, 0.25) is 11.8 Å². The fourth-order valence-corrected chi connectivity index (χ4v) is 6.52. The monoisotopic (exact) mass is 520 g/mol. The van der Waals surface area contributed by atoms with E-state index in [1.807, 2.05) is 34.7 Å². The number of fused-ring (bicyclic) bond motifs is 1. The molecule has 1 unspecified atom stereocenters. The maximum atomic E-state index is 14.3. The Bertz CT molecular complexity index is 1350. The number of nitrogens with one attached hydrogen (secondary N) is 1. The van der Waals surface area contributed by atoms with Gasteiger partial charge in [-0.3, -0.25) is 9.59 Å². The number of benzene rings is 1. The van der Waals surface area contributed by atoms with E-state index >= 15 is 0 Å². The molecule has 38 heavy (non-hydrogen) atoms. The zero-order valence-electron chi connectivity index (χ0n) is 22.4. The maximum Gasteiger partial charge on any atom is 0.238 e. The smallest absolute Gasteiger partial charge is 0.238 e. The van der Waals surface area contributed by atoms with E-state index in [2.05, 4.69) is 10.3 Å². The van der Waals surface area contributed by atoms with Gasteiger partial charge in [0.05, 0.1) is 23.2 Å². The molecule has 8 nitrogen and oxygen atoms in total. The number of carbonyl (C=O) groups excluding carboxylic acids is 2. The van der Waals surface area contributed by atoms with Crippen LogP contribution in [-0.2, 0) is 9.59 Å². The lowest BCUT2D eigenvalue weighted by Crippen LogP contribution is -2.63. The van der Waals surface area contributed by atoms with Crippen LogP contribution in [0, 0.1) is 24.6 Å². The second-order valence-electron chi connectivity index (χ2n) is 11.0. The van der Waals surface area contributed by atoms with Gasteiger partial charge < -0.3 is 20.5 Å². The second kappa shape index (κ2) is 10.4. The first kappa shape index (κ1) is 26.3. The number of hydrogen-bond acceptors (Lipinski definition) is 5. The number of rotatable bonds is 7. The predicted molar refractivity (Wildman–Crippen MR) is 144 cm³/mol. The average molecular weight is 521 g/mol. The summed E-state index contributed by atoms with van der Waals surface area (Å²) >= 11 is 0. The van der Waals surface area contributed by atoms with E-state index in [0.29, 0.717) is 18.2 Å². The van der Waals surface area contributed by atoms with Crippen LogP contribution in [0.25, 0.3) is 16.7 Å². The lowest BCUT2D eigenvalue weighted by atomic mass is 9.69. The molecule has 1 aromatic carbocycles. The molecule has 1 aliphatic carbocycles. The number of nitrogens with zero attached hydrogens (tertiary/aromatic N) is 4. The Morgan fingerprint density at radius 2 is 1.87 bits per heavy atom. The number of likely N-dealkylation sites (N-methyl/N-ethyl adjacent to an activating group) is 1. The summed E-state index contributed by atoms with van der Waals surface area (Å²) in [6.07, 6.45) is 8.60. The van der Waals surface area contributed by atoms with Crippen molar-refractivity contribution in [2.75, 3.05) is 13.6 Å². The SMILES string of the molecule is CNC(C)(C(N)=O)[C@@H](C(=O)N1CCC[C@H]1c1cc(-n2ccc3cc(F)ccc32)nc(C)n1)C1CCCCC1. The lowest BCUT2D eigenvalue weighted by Gasteiger charge is -2.42. The minimum Gasteiger partial charge on any atom is -0.368 e. The molecule has 5 rings (SSSR count). The molecule has 1 saturated heterocycles. The van der Waals surface area contributed by atoms with Crippen LogP contribution in [0.2, 0.25) is 0 Å². The summed E-state index contributed by atoms with van der Waals surface area (Å²) in [5.74, 6) is 0.00193. The molecule has 9 heteroatoms. The highest BCUT2D eigenvalue weighted by Gasteiger charge is 2.50. The van der Waals surface area contributed by atoms with Gasteiger partial charge >= 0.3 is 0 Å². The summed E-state index contributed by atoms with van der Waals surface area (Å²) in [7, 11) is 1.71. The average Bonchev–Trinajstić information content (AvgIpc) is 3.56. The van der Waals surface area contributed by atoms with E-state index in [4.69, 9.17) is 10.7 Å². The van der Waals surface area contributed by atoms with Crippen molar-refractivity contribution < 1.29 is 14.0 Å². The highest BCUT2D eigenvalue weighted by atomic mass is 19.1. The number of likely N-dealkylation sites (tertiary alicyclic amines) is 1. The third-order valence-corrected chi connectivity index (χ3v) is 8.66. The highest BCUT2D eigenvalue weighted by Crippen LogP contribution is 2.41. The van der Waals surface area contributed by atoms with Crippen molar-refractivity contribution in [1.82, 2.24) is 24.8 Å². The molecular formula is C29H37FN6O2. The molecule has 2 aromatic heterocycles. The van der Waals surface area contributed by atoms with Crippen LogP contribution in [-0.4, -0.2) is 50.4 Å². The van der Waals surface area contributed by atoms with Gasteiger partial charge in [0.1, 0.15) is 23.0 Å². The minimum absolute atomic E-state index is 0.0326. The first-order valence-electron chi connectivity index (χ1n) is 13.6. The van der Waals surface area contributed by atoms with Crippen LogP contribution in [0.15, 0.2) is 36.5 Å². The first-order valence-corrected chi connectivity index (χ1v) is 13.6. The summed E-state index contributed by atoms with van der Waals surface area (Å²) in [6, 6.07) is 8.24. The normalized spacial score (nSPS) is 20.9. The maximum absolute atomic E-state index is 14.3. The van der Waals surface area contributed by atoms with Crippen LogP contribution < -0.4 is 11.1 Å². The summed E-state index contributed by atoms with van der Waals surface area (Å²) in [5, 5.41) is 3.90. The largest absolute Gasteiger partial charge is 0.368 e. The van der Waals surface area contributed by atoms with Crippen molar-refractivity contribution in [3.63, 3.8) is 0 Å². The number of nitrogens with two attached hydrogens (primary N) is 1. The molecule has 3 N–H and O–H groups in total. The minimum atomic E-state index is -1.14. The zero-order chi connectivity index (χ0) is 27.0. The van der Waals surface area contributed by atoms with Crippen LogP contribution >= 0.6 is 0 Å². The van der Waals surface area contributed by atoms with Gasteiger partial charge in [-0.15, -0.1) is 0 Å². The number of aryl methyl sites for hydroxylation is 1. The zero-order valence-corrected chi connectivity index (χ0v) is 22.4. The van der Waals surface area contributed by atoms with Gasteiger partial charge in [-0.2, -0.15) is 0 Å². The Morgan fingerprint density at radius 3 is 2.58 bits per heavy atom. The molecule has 202 valence electrons. The van der Waals surface area contributed by atoms with E-state index in [0.717, 1.165) is 61.5 Å². The quantitative estimate of drug-likeness (QED) is 0.486. The number of halogens is 1. The summed E-state index contributed by atoms with van der Waals surface area (Å²) in [5.41, 5.74) is 6.38. The molecule has 2 aliphatic rings. The molecule has 2 amide bonds. The van der Waals surface area contributed by atoms with Gasteiger partial charge in [0, 0.05) is 24.2 Å². The van der Waals surface area contributed by atoms with Gasteiger partial charge in [-0.1, -0.05) is 19.3 Å². The van der Waals surface area contributed by atoms with Crippen molar-refractivity contribution in [3.8, 4) is 5.82 Å². The predicted octanol–water partition coefficient (Wildman–Crippen LogP) is 4.19. The Labute approximate surface area is 222 Å². The van der Waals surface area contributed by atoms with Crippen molar-refractivity contribution in [3.05, 3.63) is 53.9 Å². The molecule has 3 atom stereocenters. The lowest BCUT2D eigenvalue weighted by molar-refractivity contribution is -0.147. The van der Waals surface area contributed by atoms with E-state index in [-0.39, 0.29) is 23.7 Å². The van der Waals surface area contributed by atoms with E-state index < -0.39 is 17.4 Å². The van der Waals surface area contributed by atoms with Crippen LogP contribution in [0.5, 0.6) is 0 Å². The van der Waals surface area contributed by atoms with Crippen LogP contribution in [0.1, 0.15) is 69.4 Å². The number of carbonyl (C=O) groups is 2. The number of primary amides is 1. The van der Waals surface area contributed by atoms with Gasteiger partial charge in [0.15, 0.2) is 0 Å². The van der Waals surface area contributed by atoms with Crippen LogP contribution in [0.3, 0.4) is 0 Å². The molecule has 0 radical (unpaired) electrons. The number of aromatic nitrogens is 3. The Morgan fingerprint density at radius 1 is 1.11 bits per heavy atom. The van der Waals surface area contributed by atoms with E-state index in [9.17, 15) is 14.0 Å². The van der Waals surface area contributed by atoms with Crippen molar-refractivity contribution in [2.24, 2.45) is 17.6 Å². The van der Waals surface area contributed by atoms with Gasteiger partial charge in [-0.25, -0.2) is 14.4 Å². The Kier molecular flexibility index (Phi) is 7.22. The molecule has 2 fully saturated rings. The van der Waals surface area contributed by atoms with Crippen molar-refractivity contribution in [1.29, 1.82) is 0 Å². The number of amides is 2. The molecule has 3 aromatic rings. The highest BCUT2D eigenvalue weighted by molar-refractivity contribution is 5.93.